The van der Waals surface area contributed by atoms with Gasteiger partial charge in [-0.15, -0.1) is 11.3 Å². The number of aromatic nitrogens is 2. The van der Waals surface area contributed by atoms with Crippen LogP contribution in [0.2, 0.25) is 0 Å². The first-order valence-corrected chi connectivity index (χ1v) is 8.14. The fraction of sp³-hybridized carbons (Fsp3) is 0.571. The van der Waals surface area contributed by atoms with Gasteiger partial charge < -0.3 is 5.43 Å². The minimum atomic E-state index is 0.667. The van der Waals surface area contributed by atoms with Crippen LogP contribution in [0.15, 0.2) is 11.4 Å². The zero-order valence-electron chi connectivity index (χ0n) is 11.8. The van der Waals surface area contributed by atoms with Gasteiger partial charge in [-0.3, -0.25) is 4.90 Å². The number of nitrogen functional groups attached to an aromatic ring is 1. The van der Waals surface area contributed by atoms with E-state index in [2.05, 4.69) is 27.2 Å². The molecule has 1 atom stereocenters. The van der Waals surface area contributed by atoms with E-state index < -0.39 is 0 Å². The summed E-state index contributed by atoms with van der Waals surface area (Å²) in [7, 11) is 0. The van der Waals surface area contributed by atoms with Crippen molar-refractivity contribution in [3.8, 4) is 0 Å². The molecule has 2 aromatic rings. The molecule has 3 heterocycles. The summed E-state index contributed by atoms with van der Waals surface area (Å²) in [5, 5.41) is 3.03. The van der Waals surface area contributed by atoms with E-state index in [0.717, 1.165) is 34.9 Å². The Morgan fingerprint density at radius 1 is 1.45 bits per heavy atom. The maximum atomic E-state index is 5.58. The summed E-state index contributed by atoms with van der Waals surface area (Å²) in [4.78, 5) is 12.8. The van der Waals surface area contributed by atoms with Gasteiger partial charge in [-0.1, -0.05) is 13.3 Å². The average Bonchev–Trinajstić information content (AvgIpc) is 2.95. The molecular weight excluding hydrogens is 270 g/mol. The molecule has 1 unspecified atom stereocenters. The zero-order chi connectivity index (χ0) is 13.9. The summed E-state index contributed by atoms with van der Waals surface area (Å²) in [5.41, 5.74) is 2.70. The molecule has 3 N–H and O–H groups in total. The third-order valence-corrected chi connectivity index (χ3v) is 4.88. The fourth-order valence-electron chi connectivity index (χ4n) is 2.99. The first-order chi connectivity index (χ1) is 9.81. The van der Waals surface area contributed by atoms with Gasteiger partial charge in [-0.25, -0.2) is 15.8 Å². The maximum absolute atomic E-state index is 5.58. The second kappa shape index (κ2) is 6.03. The van der Waals surface area contributed by atoms with E-state index in [-0.39, 0.29) is 0 Å². The number of nitrogens with one attached hydrogen (secondary N) is 1. The lowest BCUT2D eigenvalue weighted by Crippen LogP contribution is -2.38. The van der Waals surface area contributed by atoms with E-state index in [1.54, 1.807) is 11.3 Å². The Morgan fingerprint density at radius 3 is 3.15 bits per heavy atom. The molecule has 0 amide bonds. The number of likely N-dealkylation sites (tertiary alicyclic amines) is 1. The monoisotopic (exact) mass is 291 g/mol. The first-order valence-electron chi connectivity index (χ1n) is 7.26. The van der Waals surface area contributed by atoms with Gasteiger partial charge in [0.25, 0.3) is 0 Å². The molecule has 20 heavy (non-hydrogen) atoms. The molecule has 1 fully saturated rings. The minimum Gasteiger partial charge on any atom is -0.308 e. The Hall–Kier alpha value is -1.24. The van der Waals surface area contributed by atoms with Crippen LogP contribution in [-0.2, 0) is 6.54 Å². The summed E-state index contributed by atoms with van der Waals surface area (Å²) in [6.45, 7) is 4.23. The van der Waals surface area contributed by atoms with Crippen LogP contribution in [0.25, 0.3) is 10.2 Å². The molecule has 3 rings (SSSR count). The number of hydrazine groups is 1. The molecule has 6 heteroatoms. The summed E-state index contributed by atoms with van der Waals surface area (Å²) in [5.74, 6) is 7.18. The van der Waals surface area contributed by atoms with E-state index in [4.69, 9.17) is 5.84 Å². The van der Waals surface area contributed by atoms with Crippen LogP contribution in [0.5, 0.6) is 0 Å². The van der Waals surface area contributed by atoms with Crippen molar-refractivity contribution in [1.29, 1.82) is 0 Å². The van der Waals surface area contributed by atoms with Crippen molar-refractivity contribution in [2.75, 3.05) is 12.0 Å². The highest BCUT2D eigenvalue weighted by Crippen LogP contribution is 2.26. The molecule has 1 saturated heterocycles. The predicted molar refractivity (Wildman–Crippen MR) is 83.6 cm³/mol. The molecule has 0 aliphatic carbocycles. The van der Waals surface area contributed by atoms with Gasteiger partial charge >= 0.3 is 0 Å². The van der Waals surface area contributed by atoms with Crippen molar-refractivity contribution < 1.29 is 0 Å². The molecule has 5 nitrogen and oxygen atoms in total. The molecule has 0 aromatic carbocycles. The molecule has 0 saturated carbocycles. The summed E-state index contributed by atoms with van der Waals surface area (Å²) in [6, 6.07) is 2.68. The van der Waals surface area contributed by atoms with Crippen molar-refractivity contribution >= 4 is 27.4 Å². The van der Waals surface area contributed by atoms with E-state index in [1.165, 1.54) is 25.7 Å². The third kappa shape index (κ3) is 2.63. The van der Waals surface area contributed by atoms with E-state index in [9.17, 15) is 0 Å². The van der Waals surface area contributed by atoms with Gasteiger partial charge in [-0.2, -0.15) is 0 Å². The number of hydrogen-bond acceptors (Lipinski definition) is 6. The van der Waals surface area contributed by atoms with Crippen molar-refractivity contribution in [2.45, 2.75) is 45.2 Å². The summed E-state index contributed by atoms with van der Waals surface area (Å²) < 4.78 is 0. The summed E-state index contributed by atoms with van der Waals surface area (Å²) >= 11 is 1.63. The molecule has 108 valence electrons. The second-order valence-corrected chi connectivity index (χ2v) is 6.20. The molecule has 1 aliphatic rings. The molecule has 1 aliphatic heterocycles. The Bertz CT molecular complexity index is 582. The van der Waals surface area contributed by atoms with Crippen LogP contribution in [0.3, 0.4) is 0 Å². The number of nitrogens with two attached hydrogens (primary N) is 1. The number of thiophene rings is 1. The fourth-order valence-corrected chi connectivity index (χ4v) is 3.78. The number of fused-ring (bicyclic) bond motifs is 1. The highest BCUT2D eigenvalue weighted by Gasteiger charge is 2.22. The lowest BCUT2D eigenvalue weighted by molar-refractivity contribution is 0.133. The van der Waals surface area contributed by atoms with E-state index in [1.807, 2.05) is 11.4 Å². The molecule has 0 spiro atoms. The van der Waals surface area contributed by atoms with Gasteiger partial charge in [0.1, 0.15) is 10.7 Å². The largest absolute Gasteiger partial charge is 0.308 e. The average molecular weight is 291 g/mol. The highest BCUT2D eigenvalue weighted by atomic mass is 32.1. The third-order valence-electron chi connectivity index (χ3n) is 4.07. The minimum absolute atomic E-state index is 0.667. The van der Waals surface area contributed by atoms with Crippen molar-refractivity contribution in [2.24, 2.45) is 5.84 Å². The van der Waals surface area contributed by atoms with Gasteiger partial charge in [0, 0.05) is 6.04 Å². The lowest BCUT2D eigenvalue weighted by Gasteiger charge is -2.34. The smallest absolute Gasteiger partial charge is 0.152 e. The van der Waals surface area contributed by atoms with Gasteiger partial charge in [0.15, 0.2) is 5.82 Å². The van der Waals surface area contributed by atoms with Crippen molar-refractivity contribution in [3.05, 3.63) is 17.3 Å². The van der Waals surface area contributed by atoms with Gasteiger partial charge in [-0.05, 0) is 37.3 Å². The van der Waals surface area contributed by atoms with Gasteiger partial charge in [0.05, 0.1) is 11.9 Å². The van der Waals surface area contributed by atoms with Crippen LogP contribution in [0.4, 0.5) is 5.82 Å². The first kappa shape index (κ1) is 13.7. The SMILES string of the molecule is CCC1CCCCN1Cc1nc(NN)c2ccsc2n1. The molecule has 2 aromatic heterocycles. The Balaban J connectivity index is 1.86. The van der Waals surface area contributed by atoms with Crippen LogP contribution in [0.1, 0.15) is 38.4 Å². The zero-order valence-corrected chi connectivity index (χ0v) is 12.6. The second-order valence-electron chi connectivity index (χ2n) is 5.30. The Kier molecular flexibility index (Phi) is 4.14. The normalized spacial score (nSPS) is 20.4. The van der Waals surface area contributed by atoms with E-state index in [0.29, 0.717) is 6.04 Å². The van der Waals surface area contributed by atoms with Crippen LogP contribution < -0.4 is 11.3 Å². The highest BCUT2D eigenvalue weighted by molar-refractivity contribution is 7.16. The standard InChI is InChI=1S/C14H21N5S/c1-2-10-5-3-4-7-19(10)9-12-16-13(18-15)11-6-8-20-14(11)17-12/h6,8,10H,2-5,7,9,15H2,1H3,(H,16,17,18). The number of piperidine rings is 1. The van der Waals surface area contributed by atoms with Crippen LogP contribution in [0, 0.1) is 0 Å². The molecule has 0 bridgehead atoms. The van der Waals surface area contributed by atoms with E-state index >= 15 is 0 Å². The van der Waals surface area contributed by atoms with Crippen molar-refractivity contribution in [1.82, 2.24) is 14.9 Å². The quantitative estimate of drug-likeness (QED) is 0.670. The van der Waals surface area contributed by atoms with Crippen LogP contribution in [-0.4, -0.2) is 27.5 Å². The number of anilines is 1. The molecular formula is C14H21N5S. The topological polar surface area (TPSA) is 67.1 Å². The maximum Gasteiger partial charge on any atom is 0.152 e. The number of rotatable bonds is 4. The van der Waals surface area contributed by atoms with Crippen molar-refractivity contribution in [3.63, 3.8) is 0 Å². The number of hydrogen-bond donors (Lipinski definition) is 2. The van der Waals surface area contributed by atoms with Crippen LogP contribution >= 0.6 is 11.3 Å². The Labute approximate surface area is 123 Å². The lowest BCUT2D eigenvalue weighted by atomic mass is 10.0. The Morgan fingerprint density at radius 2 is 2.35 bits per heavy atom. The number of nitrogens with zero attached hydrogens (tertiary/aromatic N) is 3. The molecule has 0 radical (unpaired) electrons. The summed E-state index contributed by atoms with van der Waals surface area (Å²) in [6.07, 6.45) is 5.11. The predicted octanol–water partition coefficient (Wildman–Crippen LogP) is 2.74. The van der Waals surface area contributed by atoms with Gasteiger partial charge in [0.2, 0.25) is 0 Å².